The summed E-state index contributed by atoms with van der Waals surface area (Å²) in [5.41, 5.74) is 0. The summed E-state index contributed by atoms with van der Waals surface area (Å²) < 4.78 is 0. The summed E-state index contributed by atoms with van der Waals surface area (Å²) in [6.45, 7) is 7.47. The fourth-order valence-electron chi connectivity index (χ4n) is 1.12. The van der Waals surface area contributed by atoms with Crippen molar-refractivity contribution >= 4 is 35.8 Å². The Morgan fingerprint density at radius 2 is 1.88 bits per heavy atom. The fraction of sp³-hybridized carbons (Fsp3) is 0.818. The molecule has 0 aromatic rings. The molecule has 3 N–H and O–H groups in total. The third-order valence-electron chi connectivity index (χ3n) is 1.87. The van der Waals surface area contributed by atoms with E-state index in [2.05, 4.69) is 20.9 Å². The quantitative estimate of drug-likeness (QED) is 0.379. The molecule has 0 atom stereocenters. The molecular formula is C11H25IN4O. The number of guanidine groups is 1. The summed E-state index contributed by atoms with van der Waals surface area (Å²) in [5, 5.41) is 9.07. The van der Waals surface area contributed by atoms with Crippen LogP contribution in [0.3, 0.4) is 0 Å². The number of carbonyl (C=O) groups is 1. The molecule has 0 aliphatic carbocycles. The average Bonchev–Trinajstić information content (AvgIpc) is 2.24. The molecule has 0 unspecified atom stereocenters. The van der Waals surface area contributed by atoms with Crippen molar-refractivity contribution in [1.29, 1.82) is 0 Å². The molecule has 0 aliphatic rings. The molecule has 0 aromatic heterocycles. The highest BCUT2D eigenvalue weighted by Gasteiger charge is 2.02. The molecule has 0 saturated heterocycles. The largest absolute Gasteiger partial charge is 0.356 e. The van der Waals surface area contributed by atoms with Crippen molar-refractivity contribution in [2.45, 2.75) is 39.7 Å². The first-order chi connectivity index (χ1) is 7.60. The Morgan fingerprint density at radius 1 is 1.24 bits per heavy atom. The Bertz CT molecular complexity index is 232. The van der Waals surface area contributed by atoms with Crippen LogP contribution in [0.1, 0.15) is 33.6 Å². The maximum absolute atomic E-state index is 11.3. The molecule has 102 valence electrons. The molecule has 0 spiro atoms. The van der Waals surface area contributed by atoms with Gasteiger partial charge in [-0.05, 0) is 20.3 Å². The van der Waals surface area contributed by atoms with Crippen molar-refractivity contribution in [2.75, 3.05) is 20.1 Å². The number of nitrogens with one attached hydrogen (secondary N) is 3. The second-order valence-corrected chi connectivity index (χ2v) is 3.90. The summed E-state index contributed by atoms with van der Waals surface area (Å²) in [5.74, 6) is 0.813. The molecule has 0 saturated carbocycles. The van der Waals surface area contributed by atoms with E-state index in [1.165, 1.54) is 0 Å². The van der Waals surface area contributed by atoms with Crippen LogP contribution in [0.4, 0.5) is 0 Å². The minimum Gasteiger partial charge on any atom is -0.356 e. The zero-order chi connectivity index (χ0) is 12.4. The monoisotopic (exact) mass is 356 g/mol. The lowest BCUT2D eigenvalue weighted by Crippen LogP contribution is -2.42. The zero-order valence-electron chi connectivity index (χ0n) is 11.2. The summed E-state index contributed by atoms with van der Waals surface area (Å²) in [6, 6.07) is 0.333. The minimum absolute atomic E-state index is 0. The zero-order valence-corrected chi connectivity index (χ0v) is 13.5. The van der Waals surface area contributed by atoms with Crippen LogP contribution in [0.5, 0.6) is 0 Å². The van der Waals surface area contributed by atoms with Crippen molar-refractivity contribution in [3.63, 3.8) is 0 Å². The van der Waals surface area contributed by atoms with E-state index >= 15 is 0 Å². The first-order valence-electron chi connectivity index (χ1n) is 5.84. The Kier molecular flexibility index (Phi) is 13.2. The van der Waals surface area contributed by atoms with Crippen LogP contribution in [0.15, 0.2) is 4.99 Å². The van der Waals surface area contributed by atoms with Gasteiger partial charge in [-0.15, -0.1) is 24.0 Å². The summed E-state index contributed by atoms with van der Waals surface area (Å²) >= 11 is 0. The Labute approximate surface area is 121 Å². The molecule has 1 amide bonds. The van der Waals surface area contributed by atoms with Gasteiger partial charge in [0, 0.05) is 32.6 Å². The van der Waals surface area contributed by atoms with Crippen LogP contribution >= 0.6 is 24.0 Å². The number of halogens is 1. The van der Waals surface area contributed by atoms with Gasteiger partial charge in [-0.2, -0.15) is 0 Å². The van der Waals surface area contributed by atoms with E-state index < -0.39 is 0 Å². The van der Waals surface area contributed by atoms with Crippen molar-refractivity contribution in [3.8, 4) is 0 Å². The Balaban J connectivity index is 0. The van der Waals surface area contributed by atoms with Gasteiger partial charge < -0.3 is 16.0 Å². The second kappa shape index (κ2) is 11.9. The molecule has 0 heterocycles. The minimum atomic E-state index is 0. The summed E-state index contributed by atoms with van der Waals surface area (Å²) in [7, 11) is 1.72. The van der Waals surface area contributed by atoms with Crippen LogP contribution in [0, 0.1) is 0 Å². The van der Waals surface area contributed by atoms with Crippen LogP contribution in [0.2, 0.25) is 0 Å². The van der Waals surface area contributed by atoms with E-state index in [1.807, 2.05) is 20.8 Å². The lowest BCUT2D eigenvalue weighted by molar-refractivity contribution is -0.120. The molecular weight excluding hydrogens is 331 g/mol. The van der Waals surface area contributed by atoms with Gasteiger partial charge in [0.25, 0.3) is 0 Å². The van der Waals surface area contributed by atoms with Crippen LogP contribution in [-0.4, -0.2) is 38.0 Å². The van der Waals surface area contributed by atoms with Gasteiger partial charge in [0.1, 0.15) is 0 Å². The lowest BCUT2D eigenvalue weighted by Gasteiger charge is -2.14. The number of amides is 1. The molecule has 0 aliphatic heterocycles. The van der Waals surface area contributed by atoms with Crippen LogP contribution < -0.4 is 16.0 Å². The van der Waals surface area contributed by atoms with Crippen LogP contribution in [0.25, 0.3) is 0 Å². The van der Waals surface area contributed by atoms with Crippen molar-refractivity contribution in [2.24, 2.45) is 4.99 Å². The molecule has 6 heteroatoms. The molecule has 0 bridgehead atoms. The molecule has 0 fully saturated rings. The Morgan fingerprint density at radius 3 is 2.35 bits per heavy atom. The van der Waals surface area contributed by atoms with E-state index in [0.717, 1.165) is 18.9 Å². The highest BCUT2D eigenvalue weighted by Crippen LogP contribution is 1.81. The number of hydrogen-bond acceptors (Lipinski definition) is 2. The SMILES string of the molecule is CCCNC(=O)CCNC(=NC)NC(C)C.I. The topological polar surface area (TPSA) is 65.5 Å². The number of nitrogens with zero attached hydrogens (tertiary/aromatic N) is 1. The fourth-order valence-corrected chi connectivity index (χ4v) is 1.12. The average molecular weight is 356 g/mol. The van der Waals surface area contributed by atoms with E-state index in [-0.39, 0.29) is 29.9 Å². The normalized spacial score (nSPS) is 10.8. The van der Waals surface area contributed by atoms with Crippen molar-refractivity contribution in [1.82, 2.24) is 16.0 Å². The lowest BCUT2D eigenvalue weighted by atomic mass is 10.3. The third-order valence-corrected chi connectivity index (χ3v) is 1.87. The van der Waals surface area contributed by atoms with Gasteiger partial charge in [-0.25, -0.2) is 0 Å². The molecule has 0 radical (unpaired) electrons. The van der Waals surface area contributed by atoms with Crippen LogP contribution in [-0.2, 0) is 4.79 Å². The number of carbonyl (C=O) groups excluding carboxylic acids is 1. The van der Waals surface area contributed by atoms with E-state index in [9.17, 15) is 4.79 Å². The van der Waals surface area contributed by atoms with Crippen molar-refractivity contribution < 1.29 is 4.79 Å². The highest BCUT2D eigenvalue weighted by atomic mass is 127. The smallest absolute Gasteiger partial charge is 0.221 e. The van der Waals surface area contributed by atoms with Gasteiger partial charge in [-0.1, -0.05) is 6.92 Å². The maximum Gasteiger partial charge on any atom is 0.221 e. The number of hydrogen-bond donors (Lipinski definition) is 3. The Hall–Kier alpha value is -0.530. The molecule has 0 rings (SSSR count). The molecule has 5 nitrogen and oxygen atoms in total. The van der Waals surface area contributed by atoms with Crippen molar-refractivity contribution in [3.05, 3.63) is 0 Å². The third kappa shape index (κ3) is 11.7. The summed E-state index contributed by atoms with van der Waals surface area (Å²) in [4.78, 5) is 15.3. The van der Waals surface area contributed by atoms with Gasteiger partial charge in [0.05, 0.1) is 0 Å². The molecule has 0 aromatic carbocycles. The second-order valence-electron chi connectivity index (χ2n) is 3.90. The summed E-state index contributed by atoms with van der Waals surface area (Å²) in [6.07, 6.45) is 1.44. The van der Waals surface area contributed by atoms with Gasteiger partial charge >= 0.3 is 0 Å². The first-order valence-corrected chi connectivity index (χ1v) is 5.84. The van der Waals surface area contributed by atoms with E-state index in [4.69, 9.17) is 0 Å². The van der Waals surface area contributed by atoms with E-state index in [1.54, 1.807) is 7.05 Å². The maximum atomic E-state index is 11.3. The predicted molar refractivity (Wildman–Crippen MR) is 83.0 cm³/mol. The van der Waals surface area contributed by atoms with Gasteiger partial charge in [0.15, 0.2) is 5.96 Å². The first kappa shape index (κ1) is 18.8. The van der Waals surface area contributed by atoms with Gasteiger partial charge in [-0.3, -0.25) is 9.79 Å². The van der Waals surface area contributed by atoms with E-state index in [0.29, 0.717) is 19.0 Å². The standard InChI is InChI=1S/C11H24N4O.HI/c1-5-7-13-10(16)6-8-14-11(12-4)15-9(2)3;/h9H,5-8H2,1-4H3,(H,13,16)(H2,12,14,15);1H. The predicted octanol–water partition coefficient (Wildman–Crippen LogP) is 1.09. The molecule has 17 heavy (non-hydrogen) atoms. The highest BCUT2D eigenvalue weighted by molar-refractivity contribution is 14.0. The number of aliphatic imine (C=N–C) groups is 1. The number of rotatable bonds is 6. The van der Waals surface area contributed by atoms with Gasteiger partial charge in [0.2, 0.25) is 5.91 Å².